The third kappa shape index (κ3) is 3.74. The van der Waals surface area contributed by atoms with E-state index in [2.05, 4.69) is 15.0 Å². The van der Waals surface area contributed by atoms with Crippen LogP contribution in [-0.4, -0.2) is 49.5 Å². The molecule has 0 amide bonds. The van der Waals surface area contributed by atoms with E-state index in [9.17, 15) is 13.5 Å². The minimum Gasteiger partial charge on any atom is -0.386 e. The maximum atomic E-state index is 11.7. The highest BCUT2D eigenvalue weighted by molar-refractivity contribution is 7.89. The highest BCUT2D eigenvalue weighted by Crippen LogP contribution is 2.09. The summed E-state index contributed by atoms with van der Waals surface area (Å²) < 4.78 is 25.9. The first-order valence-corrected chi connectivity index (χ1v) is 7.44. The van der Waals surface area contributed by atoms with Crippen molar-refractivity contribution in [1.82, 2.24) is 15.0 Å². The van der Waals surface area contributed by atoms with Gasteiger partial charge < -0.3 is 10.4 Å². The Morgan fingerprint density at radius 1 is 1.39 bits per heavy atom. The van der Waals surface area contributed by atoms with E-state index in [1.54, 1.807) is 24.5 Å². The summed E-state index contributed by atoms with van der Waals surface area (Å²) in [6.07, 6.45) is 3.71. The Kier molecular flexibility index (Phi) is 3.96. The van der Waals surface area contributed by atoms with Crippen LogP contribution in [0.2, 0.25) is 0 Å². The summed E-state index contributed by atoms with van der Waals surface area (Å²) in [5.74, 6) is 0.0144. The summed E-state index contributed by atoms with van der Waals surface area (Å²) >= 11 is 0. The molecule has 0 atom stereocenters. The summed E-state index contributed by atoms with van der Waals surface area (Å²) in [5, 5.41) is 12.7. The standard InChI is InChI=1S/C11H17N3O3S/c15-11(7-13-8-11)9-14-18(16,17)6-3-10-1-4-12-5-2-10/h1-2,4-5,13-15H,3,6-9H2. The molecule has 1 fully saturated rings. The van der Waals surface area contributed by atoms with Gasteiger partial charge in [0, 0.05) is 32.0 Å². The van der Waals surface area contributed by atoms with Gasteiger partial charge in [-0.1, -0.05) is 0 Å². The third-order valence-electron chi connectivity index (χ3n) is 2.94. The Hall–Kier alpha value is -1.02. The van der Waals surface area contributed by atoms with E-state index in [1.807, 2.05) is 0 Å². The number of hydrogen-bond donors (Lipinski definition) is 3. The first kappa shape index (κ1) is 13.4. The van der Waals surface area contributed by atoms with Gasteiger partial charge in [-0.3, -0.25) is 4.98 Å². The van der Waals surface area contributed by atoms with Gasteiger partial charge >= 0.3 is 0 Å². The summed E-state index contributed by atoms with van der Waals surface area (Å²) in [7, 11) is -3.35. The molecule has 7 heteroatoms. The molecule has 0 aliphatic carbocycles. The summed E-state index contributed by atoms with van der Waals surface area (Å²) in [6, 6.07) is 3.58. The summed E-state index contributed by atoms with van der Waals surface area (Å²) in [4.78, 5) is 3.87. The molecule has 0 unspecified atom stereocenters. The Bertz CT molecular complexity index is 486. The molecule has 0 radical (unpaired) electrons. The molecule has 1 aliphatic heterocycles. The maximum Gasteiger partial charge on any atom is 0.212 e. The van der Waals surface area contributed by atoms with E-state index < -0.39 is 15.6 Å². The molecule has 2 heterocycles. The molecule has 6 nitrogen and oxygen atoms in total. The number of β-amino-alcohol motifs (C(OH)–C–C–N with tert-alkyl or cyclic N) is 1. The van der Waals surface area contributed by atoms with Gasteiger partial charge in [0.15, 0.2) is 0 Å². The number of rotatable bonds is 6. The molecule has 18 heavy (non-hydrogen) atoms. The second-order valence-corrected chi connectivity index (χ2v) is 6.50. The van der Waals surface area contributed by atoms with Crippen LogP contribution in [-0.2, 0) is 16.4 Å². The fraction of sp³-hybridized carbons (Fsp3) is 0.545. The van der Waals surface area contributed by atoms with E-state index in [0.29, 0.717) is 19.5 Å². The van der Waals surface area contributed by atoms with Crippen LogP contribution in [0, 0.1) is 0 Å². The Labute approximate surface area is 106 Å². The lowest BCUT2D eigenvalue weighted by molar-refractivity contribution is -0.00396. The van der Waals surface area contributed by atoms with Gasteiger partial charge in [0.2, 0.25) is 10.0 Å². The molecule has 1 aliphatic rings. The highest BCUT2D eigenvalue weighted by atomic mass is 32.2. The molecular weight excluding hydrogens is 254 g/mol. The van der Waals surface area contributed by atoms with Crippen LogP contribution >= 0.6 is 0 Å². The number of nitrogens with one attached hydrogen (secondary N) is 2. The van der Waals surface area contributed by atoms with Crippen LogP contribution in [0.3, 0.4) is 0 Å². The van der Waals surface area contributed by atoms with Crippen LogP contribution in [0.15, 0.2) is 24.5 Å². The molecule has 100 valence electrons. The van der Waals surface area contributed by atoms with Crippen molar-refractivity contribution in [3.8, 4) is 0 Å². The molecule has 0 saturated carbocycles. The molecule has 2 rings (SSSR count). The average molecular weight is 271 g/mol. The van der Waals surface area contributed by atoms with Gasteiger partial charge in [-0.05, 0) is 24.1 Å². The number of aliphatic hydroxyl groups is 1. The van der Waals surface area contributed by atoms with E-state index in [0.717, 1.165) is 5.56 Å². The topological polar surface area (TPSA) is 91.3 Å². The molecule has 1 saturated heterocycles. The largest absolute Gasteiger partial charge is 0.386 e. The van der Waals surface area contributed by atoms with Crippen LogP contribution in [0.4, 0.5) is 0 Å². The van der Waals surface area contributed by atoms with E-state index >= 15 is 0 Å². The Morgan fingerprint density at radius 2 is 2.06 bits per heavy atom. The Morgan fingerprint density at radius 3 is 2.61 bits per heavy atom. The van der Waals surface area contributed by atoms with Crippen molar-refractivity contribution >= 4 is 10.0 Å². The van der Waals surface area contributed by atoms with Crippen LogP contribution in [0.25, 0.3) is 0 Å². The average Bonchev–Trinajstić information content (AvgIpc) is 2.33. The smallest absolute Gasteiger partial charge is 0.212 e. The number of nitrogens with zero attached hydrogens (tertiary/aromatic N) is 1. The monoisotopic (exact) mass is 271 g/mol. The minimum absolute atomic E-state index is 0.0144. The number of aromatic nitrogens is 1. The molecule has 1 aromatic heterocycles. The molecule has 1 aromatic rings. The number of sulfonamides is 1. The van der Waals surface area contributed by atoms with Crippen LogP contribution in [0.5, 0.6) is 0 Å². The molecule has 0 aromatic carbocycles. The summed E-state index contributed by atoms with van der Waals surface area (Å²) in [5.41, 5.74) is 0.00315. The zero-order valence-corrected chi connectivity index (χ0v) is 10.8. The fourth-order valence-electron chi connectivity index (χ4n) is 1.66. The number of hydrogen-bond acceptors (Lipinski definition) is 5. The lowest BCUT2D eigenvalue weighted by atomic mass is 9.98. The van der Waals surface area contributed by atoms with Gasteiger partial charge in [-0.25, -0.2) is 13.1 Å². The molecular formula is C11H17N3O3S. The number of aryl methyl sites for hydroxylation is 1. The second kappa shape index (κ2) is 5.31. The minimum atomic E-state index is -3.35. The van der Waals surface area contributed by atoms with Crippen molar-refractivity contribution in [2.45, 2.75) is 12.0 Å². The van der Waals surface area contributed by atoms with Crippen molar-refractivity contribution < 1.29 is 13.5 Å². The van der Waals surface area contributed by atoms with Gasteiger partial charge in [0.1, 0.15) is 5.60 Å². The maximum absolute atomic E-state index is 11.7. The molecule has 0 spiro atoms. The second-order valence-electron chi connectivity index (χ2n) is 4.57. The van der Waals surface area contributed by atoms with Gasteiger partial charge in [0.25, 0.3) is 0 Å². The van der Waals surface area contributed by atoms with E-state index in [-0.39, 0.29) is 12.3 Å². The van der Waals surface area contributed by atoms with Crippen LogP contribution < -0.4 is 10.0 Å². The fourth-order valence-corrected chi connectivity index (χ4v) is 2.79. The molecule has 3 N–H and O–H groups in total. The zero-order chi connectivity index (χ0) is 13.1. The Balaban J connectivity index is 1.80. The van der Waals surface area contributed by atoms with Crippen LogP contribution in [0.1, 0.15) is 5.56 Å². The van der Waals surface area contributed by atoms with Crippen molar-refractivity contribution in [3.05, 3.63) is 30.1 Å². The lowest BCUT2D eigenvalue weighted by Gasteiger charge is -2.37. The van der Waals surface area contributed by atoms with Crippen molar-refractivity contribution in [2.24, 2.45) is 0 Å². The SMILES string of the molecule is O=S(=O)(CCc1ccncc1)NCC1(O)CNC1. The van der Waals surface area contributed by atoms with Gasteiger partial charge in [-0.15, -0.1) is 0 Å². The van der Waals surface area contributed by atoms with Crippen molar-refractivity contribution in [2.75, 3.05) is 25.4 Å². The third-order valence-corrected chi connectivity index (χ3v) is 4.26. The number of pyridine rings is 1. The van der Waals surface area contributed by atoms with Gasteiger partial charge in [-0.2, -0.15) is 0 Å². The zero-order valence-electron chi connectivity index (χ0n) is 9.96. The predicted octanol–water partition coefficient (Wildman–Crippen LogP) is -1.12. The normalized spacial score (nSPS) is 18.3. The quantitative estimate of drug-likeness (QED) is 0.609. The lowest BCUT2D eigenvalue weighted by Crippen LogP contribution is -2.64. The first-order chi connectivity index (χ1) is 8.49. The predicted molar refractivity (Wildman–Crippen MR) is 67.6 cm³/mol. The summed E-state index contributed by atoms with van der Waals surface area (Å²) in [6.45, 7) is 0.929. The van der Waals surface area contributed by atoms with Gasteiger partial charge in [0.05, 0.1) is 5.75 Å². The molecule has 0 bridgehead atoms. The van der Waals surface area contributed by atoms with E-state index in [4.69, 9.17) is 0 Å². The van der Waals surface area contributed by atoms with Crippen molar-refractivity contribution in [3.63, 3.8) is 0 Å². The highest BCUT2D eigenvalue weighted by Gasteiger charge is 2.35. The first-order valence-electron chi connectivity index (χ1n) is 5.79. The van der Waals surface area contributed by atoms with E-state index in [1.165, 1.54) is 0 Å². The van der Waals surface area contributed by atoms with Crippen molar-refractivity contribution in [1.29, 1.82) is 0 Å².